The summed E-state index contributed by atoms with van der Waals surface area (Å²) < 4.78 is 23.8. The summed E-state index contributed by atoms with van der Waals surface area (Å²) in [4.78, 5) is 42.3. The quantitative estimate of drug-likeness (QED) is 0.367. The van der Waals surface area contributed by atoms with Crippen molar-refractivity contribution in [3.05, 3.63) is 51.1 Å². The van der Waals surface area contributed by atoms with Crippen molar-refractivity contribution in [2.24, 2.45) is 7.05 Å². The maximum Gasteiger partial charge on any atom is 0.469 e. The molecule has 28 heavy (non-hydrogen) atoms. The molecule has 1 saturated heterocycles. The Balaban J connectivity index is 1.87. The SMILES string of the molecule is Cn1ccc(Cn2c(=O)ccn([C@@H]3O[C@H](COP(=O)(O)O)[C@H](O)[C@@H]3O)c2=O)n1. The molecular formula is C14H19N4O9P. The molecule has 2 aromatic rings. The van der Waals surface area contributed by atoms with Crippen LogP contribution in [0, 0.1) is 0 Å². The largest absolute Gasteiger partial charge is 0.469 e. The predicted molar refractivity (Wildman–Crippen MR) is 91.2 cm³/mol. The van der Waals surface area contributed by atoms with Gasteiger partial charge < -0.3 is 24.7 Å². The maximum atomic E-state index is 12.7. The molecule has 1 fully saturated rings. The minimum Gasteiger partial charge on any atom is -0.387 e. The molecule has 0 amide bonds. The molecule has 1 aliphatic heterocycles. The van der Waals surface area contributed by atoms with E-state index < -0.39 is 50.2 Å². The van der Waals surface area contributed by atoms with Crippen LogP contribution >= 0.6 is 7.82 Å². The molecule has 0 unspecified atom stereocenters. The zero-order valence-corrected chi connectivity index (χ0v) is 15.5. The summed E-state index contributed by atoms with van der Waals surface area (Å²) in [6.45, 7) is -0.823. The van der Waals surface area contributed by atoms with Gasteiger partial charge in [0.2, 0.25) is 0 Å². The number of rotatable bonds is 6. The molecule has 0 bridgehead atoms. The molecule has 14 heteroatoms. The Labute approximate surface area is 157 Å². The number of aliphatic hydroxyl groups excluding tert-OH is 2. The Hall–Kier alpha value is -2.12. The first-order valence-corrected chi connectivity index (χ1v) is 9.62. The number of hydrogen-bond donors (Lipinski definition) is 4. The zero-order valence-electron chi connectivity index (χ0n) is 14.6. The molecule has 2 aromatic heterocycles. The molecule has 154 valence electrons. The molecule has 0 radical (unpaired) electrons. The van der Waals surface area contributed by atoms with Crippen molar-refractivity contribution in [1.29, 1.82) is 0 Å². The molecule has 4 N–H and O–H groups in total. The monoisotopic (exact) mass is 418 g/mol. The van der Waals surface area contributed by atoms with E-state index in [2.05, 4.69) is 9.62 Å². The second kappa shape index (κ2) is 7.72. The summed E-state index contributed by atoms with van der Waals surface area (Å²) in [5.74, 6) is 0. The van der Waals surface area contributed by atoms with E-state index in [4.69, 9.17) is 14.5 Å². The van der Waals surface area contributed by atoms with Crippen LogP contribution < -0.4 is 11.2 Å². The van der Waals surface area contributed by atoms with E-state index in [-0.39, 0.29) is 6.54 Å². The topological polar surface area (TPSA) is 178 Å². The number of ether oxygens (including phenoxy) is 1. The smallest absolute Gasteiger partial charge is 0.387 e. The summed E-state index contributed by atoms with van der Waals surface area (Å²) in [6, 6.07) is 2.72. The zero-order chi connectivity index (χ0) is 20.6. The minimum atomic E-state index is -4.81. The van der Waals surface area contributed by atoms with Crippen LogP contribution in [-0.2, 0) is 27.4 Å². The minimum absolute atomic E-state index is 0.116. The first-order chi connectivity index (χ1) is 13.1. The lowest BCUT2D eigenvalue weighted by Gasteiger charge is -2.18. The lowest BCUT2D eigenvalue weighted by molar-refractivity contribution is -0.0548. The third kappa shape index (κ3) is 4.31. The van der Waals surface area contributed by atoms with Gasteiger partial charge in [-0.15, -0.1) is 0 Å². The molecule has 4 atom stereocenters. The molecule has 0 aliphatic carbocycles. The van der Waals surface area contributed by atoms with Gasteiger partial charge in [0.15, 0.2) is 6.23 Å². The van der Waals surface area contributed by atoms with Crippen molar-refractivity contribution in [3.63, 3.8) is 0 Å². The fourth-order valence-electron chi connectivity index (χ4n) is 2.85. The molecule has 0 spiro atoms. The average Bonchev–Trinajstić information content (AvgIpc) is 3.14. The van der Waals surface area contributed by atoms with Gasteiger partial charge in [0.25, 0.3) is 5.56 Å². The molecule has 3 rings (SSSR count). The summed E-state index contributed by atoms with van der Waals surface area (Å²) in [5, 5.41) is 24.3. The van der Waals surface area contributed by atoms with E-state index in [0.717, 1.165) is 21.4 Å². The van der Waals surface area contributed by atoms with Crippen molar-refractivity contribution in [2.75, 3.05) is 6.61 Å². The van der Waals surface area contributed by atoms with Gasteiger partial charge >= 0.3 is 13.5 Å². The Morgan fingerprint density at radius 1 is 1.21 bits per heavy atom. The van der Waals surface area contributed by atoms with Crippen LogP contribution in [0.4, 0.5) is 0 Å². The maximum absolute atomic E-state index is 12.7. The number of hydrogen-bond acceptors (Lipinski definition) is 8. The highest BCUT2D eigenvalue weighted by atomic mass is 31.2. The standard InChI is InChI=1S/C14H19N4O9P/c1-16-4-2-8(15-16)6-18-10(19)3-5-17(14(18)22)13-12(21)11(20)9(27-13)7-26-28(23,24)25/h2-5,9,11-13,20-21H,6-7H2,1H3,(H2,23,24,25)/t9-,11+,12+,13-/m1/s1. The molecule has 1 aliphatic rings. The number of aryl methyl sites for hydroxylation is 1. The first-order valence-electron chi connectivity index (χ1n) is 8.09. The second-order valence-electron chi connectivity index (χ2n) is 6.24. The number of aliphatic hydroxyl groups is 2. The van der Waals surface area contributed by atoms with E-state index >= 15 is 0 Å². The van der Waals surface area contributed by atoms with E-state index in [0.29, 0.717) is 5.69 Å². The van der Waals surface area contributed by atoms with Gasteiger partial charge in [0, 0.05) is 25.5 Å². The number of nitrogens with zero attached hydrogens (tertiary/aromatic N) is 4. The van der Waals surface area contributed by atoms with Crippen LogP contribution in [0.1, 0.15) is 11.9 Å². The fraction of sp³-hybridized carbons (Fsp3) is 0.500. The summed E-state index contributed by atoms with van der Waals surface area (Å²) >= 11 is 0. The average molecular weight is 418 g/mol. The Bertz CT molecular complexity index is 1010. The number of phosphoric ester groups is 1. The normalized spacial score (nSPS) is 25.3. The van der Waals surface area contributed by atoms with Crippen LogP contribution in [0.15, 0.2) is 34.1 Å². The highest BCUT2D eigenvalue weighted by molar-refractivity contribution is 7.46. The number of aromatic nitrogens is 4. The Morgan fingerprint density at radius 3 is 2.54 bits per heavy atom. The molecule has 0 aromatic carbocycles. The third-order valence-corrected chi connectivity index (χ3v) is 4.69. The lowest BCUT2D eigenvalue weighted by atomic mass is 10.1. The number of phosphoric acid groups is 1. The summed E-state index contributed by atoms with van der Waals surface area (Å²) in [6.07, 6.45) is -3.09. The fourth-order valence-corrected chi connectivity index (χ4v) is 3.19. The van der Waals surface area contributed by atoms with Crippen LogP contribution in [0.25, 0.3) is 0 Å². The van der Waals surface area contributed by atoms with Gasteiger partial charge in [-0.2, -0.15) is 5.10 Å². The second-order valence-corrected chi connectivity index (χ2v) is 7.48. The van der Waals surface area contributed by atoms with Crippen molar-refractivity contribution >= 4 is 7.82 Å². The van der Waals surface area contributed by atoms with Crippen LogP contribution in [-0.4, -0.2) is 63.8 Å². The van der Waals surface area contributed by atoms with E-state index in [1.54, 1.807) is 19.3 Å². The van der Waals surface area contributed by atoms with Gasteiger partial charge in [-0.3, -0.25) is 23.1 Å². The van der Waals surface area contributed by atoms with Crippen molar-refractivity contribution in [2.45, 2.75) is 31.1 Å². The van der Waals surface area contributed by atoms with Crippen molar-refractivity contribution in [3.8, 4) is 0 Å². The molecule has 13 nitrogen and oxygen atoms in total. The van der Waals surface area contributed by atoms with Gasteiger partial charge in [-0.25, -0.2) is 9.36 Å². The predicted octanol–water partition coefficient (Wildman–Crippen LogP) is -2.48. The van der Waals surface area contributed by atoms with Crippen molar-refractivity contribution in [1.82, 2.24) is 18.9 Å². The summed E-state index contributed by atoms with van der Waals surface area (Å²) in [7, 11) is -3.13. The van der Waals surface area contributed by atoms with Crippen LogP contribution in [0.5, 0.6) is 0 Å². The molecular weight excluding hydrogens is 399 g/mol. The van der Waals surface area contributed by atoms with Crippen molar-refractivity contribution < 1.29 is 33.8 Å². The van der Waals surface area contributed by atoms with Crippen LogP contribution in [0.3, 0.4) is 0 Å². The van der Waals surface area contributed by atoms with Gasteiger partial charge in [0.05, 0.1) is 18.8 Å². The van der Waals surface area contributed by atoms with E-state index in [9.17, 15) is 24.4 Å². The highest BCUT2D eigenvalue weighted by Gasteiger charge is 2.45. The highest BCUT2D eigenvalue weighted by Crippen LogP contribution is 2.38. The summed E-state index contributed by atoms with van der Waals surface area (Å²) in [5.41, 5.74) is -0.951. The van der Waals surface area contributed by atoms with Gasteiger partial charge in [-0.1, -0.05) is 0 Å². The van der Waals surface area contributed by atoms with E-state index in [1.165, 1.54) is 4.68 Å². The first kappa shape index (κ1) is 20.6. The third-order valence-electron chi connectivity index (χ3n) is 4.20. The van der Waals surface area contributed by atoms with Gasteiger partial charge in [-0.05, 0) is 6.07 Å². The van der Waals surface area contributed by atoms with Crippen LogP contribution in [0.2, 0.25) is 0 Å². The molecule has 3 heterocycles. The van der Waals surface area contributed by atoms with E-state index in [1.807, 2.05) is 0 Å². The Morgan fingerprint density at radius 2 is 1.93 bits per heavy atom. The lowest BCUT2D eigenvalue weighted by Crippen LogP contribution is -2.43. The molecule has 0 saturated carbocycles. The Kier molecular flexibility index (Phi) is 5.68. The van der Waals surface area contributed by atoms with Gasteiger partial charge in [0.1, 0.15) is 18.3 Å².